The predicted molar refractivity (Wildman–Crippen MR) is 156 cm³/mol. The van der Waals surface area contributed by atoms with Crippen molar-refractivity contribution in [2.75, 3.05) is 33.4 Å². The van der Waals surface area contributed by atoms with Gasteiger partial charge in [0.15, 0.2) is 0 Å². The van der Waals surface area contributed by atoms with Crippen LogP contribution in [0, 0.1) is 11.8 Å². The van der Waals surface area contributed by atoms with E-state index in [1.54, 1.807) is 24.1 Å². The third-order valence-electron chi connectivity index (χ3n) is 7.72. The van der Waals surface area contributed by atoms with Crippen LogP contribution in [0.15, 0.2) is 48.5 Å². The van der Waals surface area contributed by atoms with Gasteiger partial charge in [-0.2, -0.15) is 0 Å². The molecule has 0 saturated carbocycles. The first kappa shape index (κ1) is 30.6. The van der Waals surface area contributed by atoms with Crippen molar-refractivity contribution < 1.29 is 23.7 Å². The Morgan fingerprint density at radius 1 is 1.20 bits per heavy atom. The van der Waals surface area contributed by atoms with Crippen LogP contribution in [-0.2, 0) is 20.8 Å². The molecule has 9 heteroatoms. The summed E-state index contributed by atoms with van der Waals surface area (Å²) in [5, 5.41) is 3.51. The Kier molecular flexibility index (Phi) is 10.7. The highest BCUT2D eigenvalue weighted by Crippen LogP contribution is 2.44. The maximum Gasteiger partial charge on any atom is 0.317 e. The number of nitrogens with zero attached hydrogens (tertiary/aromatic N) is 1. The van der Waals surface area contributed by atoms with Crippen molar-refractivity contribution in [3.8, 4) is 5.75 Å². The normalized spacial score (nSPS) is 25.4. The lowest BCUT2D eigenvalue weighted by Crippen LogP contribution is -2.55. The highest BCUT2D eigenvalue weighted by Gasteiger charge is 2.44. The zero-order valence-corrected chi connectivity index (χ0v) is 24.9. The van der Waals surface area contributed by atoms with Crippen LogP contribution in [0.3, 0.4) is 0 Å². The zero-order valence-electron chi connectivity index (χ0n) is 24.1. The molecule has 0 aromatic heterocycles. The van der Waals surface area contributed by atoms with Gasteiger partial charge in [-0.05, 0) is 47.9 Å². The number of epoxide rings is 1. The van der Waals surface area contributed by atoms with Crippen molar-refractivity contribution in [2.24, 2.45) is 17.6 Å². The summed E-state index contributed by atoms with van der Waals surface area (Å²) >= 11 is 6.23. The van der Waals surface area contributed by atoms with E-state index in [9.17, 15) is 4.79 Å². The van der Waals surface area contributed by atoms with E-state index < -0.39 is 5.72 Å². The molecule has 2 aliphatic rings. The van der Waals surface area contributed by atoms with Crippen molar-refractivity contribution >= 4 is 17.6 Å². The number of benzene rings is 2. The number of rotatable bonds is 12. The van der Waals surface area contributed by atoms with E-state index >= 15 is 0 Å². The van der Waals surface area contributed by atoms with Crippen molar-refractivity contribution in [3.63, 3.8) is 0 Å². The van der Waals surface area contributed by atoms with Gasteiger partial charge >= 0.3 is 6.03 Å². The third kappa shape index (κ3) is 8.10. The monoisotopic (exact) mass is 573 g/mol. The van der Waals surface area contributed by atoms with Crippen LogP contribution < -0.4 is 15.8 Å². The summed E-state index contributed by atoms with van der Waals surface area (Å²) < 4.78 is 23.8. The fourth-order valence-corrected chi connectivity index (χ4v) is 5.46. The number of hydrogen-bond donors (Lipinski definition) is 2. The van der Waals surface area contributed by atoms with Crippen molar-refractivity contribution in [1.29, 1.82) is 0 Å². The van der Waals surface area contributed by atoms with E-state index in [4.69, 9.17) is 36.3 Å². The van der Waals surface area contributed by atoms with Crippen molar-refractivity contribution in [1.82, 2.24) is 10.2 Å². The summed E-state index contributed by atoms with van der Waals surface area (Å²) in [7, 11) is 1.57. The van der Waals surface area contributed by atoms with Crippen LogP contribution >= 0.6 is 11.6 Å². The molecular formula is C31H44ClN3O5. The molecule has 0 unspecified atom stereocenters. The molecule has 2 amide bonds. The molecule has 0 bridgehead atoms. The molecule has 220 valence electrons. The van der Waals surface area contributed by atoms with E-state index in [2.05, 4.69) is 38.2 Å². The highest BCUT2D eigenvalue weighted by atomic mass is 35.5. The van der Waals surface area contributed by atoms with Crippen LogP contribution in [-0.4, -0.2) is 62.3 Å². The second-order valence-corrected chi connectivity index (χ2v) is 11.8. The number of nitrogens with two attached hydrogens (primary N) is 1. The molecule has 0 spiro atoms. The maximum atomic E-state index is 13.1. The molecule has 4 rings (SSSR count). The lowest BCUT2D eigenvalue weighted by atomic mass is 9.98. The van der Waals surface area contributed by atoms with Crippen LogP contribution in [0.5, 0.6) is 5.75 Å². The van der Waals surface area contributed by atoms with Gasteiger partial charge < -0.3 is 34.9 Å². The minimum atomic E-state index is -0.976. The Morgan fingerprint density at radius 2 is 1.98 bits per heavy atom. The standard InChI is InChI=1S/C31H44ClN3O5/c1-21(2)20-38-27-12-15-35(30(36)34-19-23-10-11-26(37-4)25(32)18-23)16-14-31(27,33)39-17-13-22(3)28-29(40-28)24-8-6-5-7-9-24/h5-11,18,21-22,27-29H,12-17,19-20,33H2,1-4H3,(H,34,36)/t22-,27+,28+,29+,31+/m0/s1. The van der Waals surface area contributed by atoms with Crippen LogP contribution in [0.25, 0.3) is 0 Å². The van der Waals surface area contributed by atoms with Gasteiger partial charge in [0.25, 0.3) is 0 Å². The van der Waals surface area contributed by atoms with Crippen molar-refractivity contribution in [2.45, 2.75) is 70.6 Å². The summed E-state index contributed by atoms with van der Waals surface area (Å²) in [6, 6.07) is 15.7. The van der Waals surface area contributed by atoms with E-state index in [0.717, 1.165) is 12.0 Å². The van der Waals surface area contributed by atoms with Gasteiger partial charge in [0.1, 0.15) is 23.7 Å². The highest BCUT2D eigenvalue weighted by molar-refractivity contribution is 6.32. The largest absolute Gasteiger partial charge is 0.495 e. The Bertz CT molecular complexity index is 1100. The quantitative estimate of drug-likeness (QED) is 0.256. The number of amides is 2. The molecule has 3 N–H and O–H groups in total. The number of halogens is 1. The number of urea groups is 1. The molecule has 5 atom stereocenters. The molecule has 2 fully saturated rings. The molecular weight excluding hydrogens is 530 g/mol. The summed E-state index contributed by atoms with van der Waals surface area (Å²) in [5.74, 6) is 1.31. The molecule has 0 radical (unpaired) electrons. The lowest BCUT2D eigenvalue weighted by molar-refractivity contribution is -0.150. The van der Waals surface area contributed by atoms with E-state index in [-0.39, 0.29) is 24.3 Å². The molecule has 2 heterocycles. The zero-order chi connectivity index (χ0) is 28.7. The van der Waals surface area contributed by atoms with Gasteiger partial charge in [0.2, 0.25) is 0 Å². The second-order valence-electron chi connectivity index (χ2n) is 11.4. The van der Waals surface area contributed by atoms with Gasteiger partial charge in [0.05, 0.1) is 18.2 Å². The van der Waals surface area contributed by atoms with Crippen LogP contribution in [0.1, 0.15) is 57.3 Å². The number of carbonyl (C=O) groups is 1. The first-order chi connectivity index (χ1) is 19.2. The Hall–Kier alpha value is -2.36. The predicted octanol–water partition coefficient (Wildman–Crippen LogP) is 5.53. The molecule has 0 aliphatic carbocycles. The fraction of sp³-hybridized carbons (Fsp3) is 0.581. The number of methoxy groups -OCH3 is 1. The maximum absolute atomic E-state index is 13.1. The molecule has 2 saturated heterocycles. The first-order valence-electron chi connectivity index (χ1n) is 14.3. The number of carbonyl (C=O) groups excluding carboxylic acids is 1. The molecule has 8 nitrogen and oxygen atoms in total. The van der Waals surface area contributed by atoms with Gasteiger partial charge in [-0.1, -0.05) is 68.8 Å². The van der Waals surface area contributed by atoms with E-state index in [1.165, 1.54) is 5.56 Å². The summed E-state index contributed by atoms with van der Waals surface area (Å²) in [5.41, 5.74) is 8.03. The number of nitrogens with one attached hydrogen (secondary N) is 1. The molecule has 40 heavy (non-hydrogen) atoms. The average molecular weight is 574 g/mol. The Balaban J connectivity index is 1.30. The topological polar surface area (TPSA) is 98.6 Å². The van der Waals surface area contributed by atoms with E-state index in [0.29, 0.717) is 68.3 Å². The lowest BCUT2D eigenvalue weighted by Gasteiger charge is -2.36. The summed E-state index contributed by atoms with van der Waals surface area (Å²) in [6.45, 7) is 8.88. The number of ether oxygens (including phenoxy) is 4. The van der Waals surface area contributed by atoms with Gasteiger partial charge in [-0.15, -0.1) is 0 Å². The Morgan fingerprint density at radius 3 is 2.67 bits per heavy atom. The average Bonchev–Trinajstić information content (AvgIpc) is 3.76. The summed E-state index contributed by atoms with van der Waals surface area (Å²) in [4.78, 5) is 14.9. The Labute approximate surface area is 243 Å². The SMILES string of the molecule is COc1ccc(CNC(=O)N2CC[C@@H](OCC(C)C)[C@](N)(OCC[C@H](C)[C@H]3O[C@@H]3c3ccccc3)CC2)cc1Cl. The number of likely N-dealkylation sites (tertiary alicyclic amines) is 1. The molecule has 2 aliphatic heterocycles. The number of hydrogen-bond acceptors (Lipinski definition) is 6. The van der Waals surface area contributed by atoms with Gasteiger partial charge in [-0.25, -0.2) is 4.79 Å². The van der Waals surface area contributed by atoms with Crippen molar-refractivity contribution in [3.05, 3.63) is 64.7 Å². The summed E-state index contributed by atoms with van der Waals surface area (Å²) in [6.07, 6.45) is 1.96. The minimum Gasteiger partial charge on any atom is -0.495 e. The van der Waals surface area contributed by atoms with E-state index in [1.807, 2.05) is 24.3 Å². The first-order valence-corrected chi connectivity index (χ1v) is 14.7. The smallest absolute Gasteiger partial charge is 0.317 e. The third-order valence-corrected chi connectivity index (χ3v) is 8.01. The second kappa shape index (κ2) is 14.0. The van der Waals surface area contributed by atoms with Gasteiger partial charge in [-0.3, -0.25) is 0 Å². The van der Waals surface area contributed by atoms with Crippen LogP contribution in [0.2, 0.25) is 5.02 Å². The van der Waals surface area contributed by atoms with Gasteiger partial charge in [0, 0.05) is 39.3 Å². The fourth-order valence-electron chi connectivity index (χ4n) is 5.18. The van der Waals surface area contributed by atoms with Crippen LogP contribution in [0.4, 0.5) is 4.79 Å². The molecule has 2 aromatic rings. The minimum absolute atomic E-state index is 0.148. The molecule has 2 aromatic carbocycles.